The monoisotopic (exact) mass is 369 g/mol. The zero-order valence-corrected chi connectivity index (χ0v) is 15.8. The van der Waals surface area contributed by atoms with Gasteiger partial charge in [0.1, 0.15) is 11.6 Å². The fourth-order valence-electron chi connectivity index (χ4n) is 3.42. The number of nitrogens with one attached hydrogen (secondary N) is 2. The van der Waals surface area contributed by atoms with Crippen molar-refractivity contribution in [3.05, 3.63) is 71.4 Å². The second-order valence-corrected chi connectivity index (χ2v) is 7.23. The Hall–Kier alpha value is -2.53. The topological polar surface area (TPSA) is 39.1 Å². The number of piperidine rings is 1. The van der Waals surface area contributed by atoms with E-state index in [-0.39, 0.29) is 0 Å². The first-order chi connectivity index (χ1) is 12.8. The van der Waals surface area contributed by atoms with Crippen LogP contribution >= 0.6 is 0 Å². The van der Waals surface area contributed by atoms with Crippen molar-refractivity contribution >= 4 is 5.71 Å². The Morgan fingerprint density at radius 2 is 1.85 bits per heavy atom. The Balaban J connectivity index is 1.81. The average molecular weight is 369 g/mol. The van der Waals surface area contributed by atoms with Crippen molar-refractivity contribution < 1.29 is 8.78 Å². The van der Waals surface area contributed by atoms with Gasteiger partial charge in [0.25, 0.3) is 0 Å². The van der Waals surface area contributed by atoms with Crippen molar-refractivity contribution in [1.29, 1.82) is 5.41 Å². The molecule has 0 amide bonds. The smallest absolute Gasteiger partial charge is 0.133 e. The van der Waals surface area contributed by atoms with Gasteiger partial charge >= 0.3 is 0 Å². The van der Waals surface area contributed by atoms with Gasteiger partial charge in [-0.1, -0.05) is 18.7 Å². The molecule has 3 nitrogen and oxygen atoms in total. The van der Waals surface area contributed by atoms with Crippen LogP contribution < -0.4 is 5.32 Å². The molecule has 1 saturated heterocycles. The fraction of sp³-hybridized carbons (Fsp3) is 0.318. The molecule has 1 aliphatic rings. The second kappa shape index (κ2) is 8.01. The highest BCUT2D eigenvalue weighted by atomic mass is 19.1. The highest BCUT2D eigenvalue weighted by Crippen LogP contribution is 2.26. The van der Waals surface area contributed by atoms with Gasteiger partial charge in [-0.3, -0.25) is 5.41 Å². The quantitative estimate of drug-likeness (QED) is 0.762. The molecule has 1 aliphatic heterocycles. The first kappa shape index (κ1) is 19.2. The van der Waals surface area contributed by atoms with E-state index in [1.165, 1.54) is 12.1 Å². The minimum Gasteiger partial charge on any atom is -0.381 e. The molecule has 27 heavy (non-hydrogen) atoms. The Morgan fingerprint density at radius 1 is 1.15 bits per heavy atom. The summed E-state index contributed by atoms with van der Waals surface area (Å²) in [6, 6.07) is 9.27. The van der Waals surface area contributed by atoms with Gasteiger partial charge in [-0.25, -0.2) is 8.78 Å². The maximum Gasteiger partial charge on any atom is 0.133 e. The van der Waals surface area contributed by atoms with Crippen LogP contribution in [0.3, 0.4) is 0 Å². The molecular formula is C22H25F2N3. The second-order valence-electron chi connectivity index (χ2n) is 7.23. The number of hydrogen-bond donors (Lipinski definition) is 2. The number of rotatable bonds is 5. The van der Waals surface area contributed by atoms with Crippen LogP contribution in [0, 0.1) is 24.0 Å². The molecular weight excluding hydrogens is 344 g/mol. The van der Waals surface area contributed by atoms with Crippen LogP contribution in [0.5, 0.6) is 0 Å². The van der Waals surface area contributed by atoms with Crippen LogP contribution in [0.25, 0.3) is 11.1 Å². The summed E-state index contributed by atoms with van der Waals surface area (Å²) >= 11 is 0. The Bertz CT molecular complexity index is 868. The van der Waals surface area contributed by atoms with Crippen LogP contribution in [0.15, 0.2) is 48.7 Å². The van der Waals surface area contributed by atoms with Gasteiger partial charge in [-0.05, 0) is 69.2 Å². The maximum absolute atomic E-state index is 14.1. The molecule has 2 N–H and O–H groups in total. The molecule has 1 fully saturated rings. The van der Waals surface area contributed by atoms with Crippen LogP contribution in [-0.2, 0) is 0 Å². The normalized spacial score (nSPS) is 15.6. The summed E-state index contributed by atoms with van der Waals surface area (Å²) in [5, 5.41) is 11.9. The Kier molecular flexibility index (Phi) is 5.71. The average Bonchev–Trinajstić information content (AvgIpc) is 2.64. The molecule has 0 atom stereocenters. The van der Waals surface area contributed by atoms with E-state index in [1.807, 2.05) is 13.0 Å². The molecule has 0 spiro atoms. The van der Waals surface area contributed by atoms with Crippen LogP contribution in [0.2, 0.25) is 0 Å². The summed E-state index contributed by atoms with van der Waals surface area (Å²) in [6.07, 6.45) is 2.03. The predicted molar refractivity (Wildman–Crippen MR) is 106 cm³/mol. The first-order valence-corrected chi connectivity index (χ1v) is 9.14. The highest BCUT2D eigenvalue weighted by molar-refractivity contribution is 6.11. The molecule has 0 aliphatic carbocycles. The van der Waals surface area contributed by atoms with Crippen LogP contribution in [0.1, 0.15) is 24.0 Å². The van der Waals surface area contributed by atoms with Gasteiger partial charge in [-0.2, -0.15) is 0 Å². The lowest BCUT2D eigenvalue weighted by Crippen LogP contribution is -2.41. The molecule has 5 heteroatoms. The molecule has 0 saturated carbocycles. The zero-order chi connectivity index (χ0) is 19.6. The predicted octanol–water partition coefficient (Wildman–Crippen LogP) is 4.51. The summed E-state index contributed by atoms with van der Waals surface area (Å²) in [5.74, 6) is -1.22. The molecule has 142 valence electrons. The third-order valence-corrected chi connectivity index (χ3v) is 5.15. The Morgan fingerprint density at radius 3 is 2.52 bits per heavy atom. The number of halogens is 2. The van der Waals surface area contributed by atoms with Gasteiger partial charge in [-0.15, -0.1) is 0 Å². The van der Waals surface area contributed by atoms with E-state index in [9.17, 15) is 8.78 Å². The molecule has 0 radical (unpaired) electrons. The molecule has 1 heterocycles. The van der Waals surface area contributed by atoms with Crippen molar-refractivity contribution in [2.75, 3.05) is 20.1 Å². The van der Waals surface area contributed by atoms with Gasteiger partial charge in [0, 0.05) is 23.2 Å². The van der Waals surface area contributed by atoms with Gasteiger partial charge in [0.15, 0.2) is 0 Å². The van der Waals surface area contributed by atoms with Gasteiger partial charge in [0.2, 0.25) is 0 Å². The molecule has 0 bridgehead atoms. The van der Waals surface area contributed by atoms with Crippen molar-refractivity contribution in [3.63, 3.8) is 0 Å². The van der Waals surface area contributed by atoms with E-state index in [1.54, 1.807) is 12.1 Å². The number of likely N-dealkylation sites (tertiary alicyclic amines) is 1. The minimum absolute atomic E-state index is 0.302. The summed E-state index contributed by atoms with van der Waals surface area (Å²) in [5.41, 5.74) is 3.42. The minimum atomic E-state index is -0.611. The van der Waals surface area contributed by atoms with Crippen molar-refractivity contribution in [1.82, 2.24) is 10.2 Å². The summed E-state index contributed by atoms with van der Waals surface area (Å²) in [4.78, 5) is 2.29. The SMILES string of the molecule is C=C(NC1CCN(C)CC1)C(=N)c1cc(-c2ccc(F)cc2F)ccc1C. The number of aryl methyl sites for hydroxylation is 1. The van der Waals surface area contributed by atoms with Crippen LogP contribution in [-0.4, -0.2) is 36.8 Å². The maximum atomic E-state index is 14.1. The van der Waals surface area contributed by atoms with Crippen LogP contribution in [0.4, 0.5) is 8.78 Å². The number of nitrogens with zero attached hydrogens (tertiary/aromatic N) is 1. The third-order valence-electron chi connectivity index (χ3n) is 5.15. The molecule has 0 aromatic heterocycles. The van der Waals surface area contributed by atoms with E-state index in [2.05, 4.69) is 23.8 Å². The molecule has 2 aromatic carbocycles. The molecule has 3 rings (SSSR count). The summed E-state index contributed by atoms with van der Waals surface area (Å²) < 4.78 is 27.3. The molecule has 2 aromatic rings. The van der Waals surface area contributed by atoms with E-state index in [4.69, 9.17) is 5.41 Å². The van der Waals surface area contributed by atoms with E-state index < -0.39 is 11.6 Å². The van der Waals surface area contributed by atoms with Gasteiger partial charge < -0.3 is 10.2 Å². The lowest BCUT2D eigenvalue weighted by molar-refractivity contribution is 0.243. The summed E-state index contributed by atoms with van der Waals surface area (Å²) in [6.45, 7) is 8.01. The number of allylic oxidation sites excluding steroid dienone is 1. The standard InChI is InChI=1S/C22H25F2N3/c1-14-4-5-16(19-7-6-17(23)13-21(19)24)12-20(14)22(25)15(2)26-18-8-10-27(3)11-9-18/h4-7,12-13,18,25-26H,2,8-11H2,1,3H3. The van der Waals surface area contributed by atoms with Crippen molar-refractivity contribution in [2.24, 2.45) is 0 Å². The van der Waals surface area contributed by atoms with E-state index in [0.717, 1.165) is 37.6 Å². The lowest BCUT2D eigenvalue weighted by atomic mass is 9.95. The van der Waals surface area contributed by atoms with E-state index >= 15 is 0 Å². The molecule has 0 unspecified atom stereocenters. The van der Waals surface area contributed by atoms with Crippen molar-refractivity contribution in [2.45, 2.75) is 25.8 Å². The van der Waals surface area contributed by atoms with E-state index in [0.29, 0.717) is 34.1 Å². The number of benzene rings is 2. The van der Waals surface area contributed by atoms with Crippen molar-refractivity contribution in [3.8, 4) is 11.1 Å². The fourth-order valence-corrected chi connectivity index (χ4v) is 3.42. The third kappa shape index (κ3) is 4.42. The largest absolute Gasteiger partial charge is 0.381 e. The van der Waals surface area contributed by atoms with Gasteiger partial charge in [0.05, 0.1) is 11.4 Å². The first-order valence-electron chi connectivity index (χ1n) is 9.14. The number of hydrogen-bond acceptors (Lipinski definition) is 3. The summed E-state index contributed by atoms with van der Waals surface area (Å²) in [7, 11) is 2.11. The Labute approximate surface area is 159 Å². The highest BCUT2D eigenvalue weighted by Gasteiger charge is 2.19. The zero-order valence-electron chi connectivity index (χ0n) is 15.8. The lowest BCUT2D eigenvalue weighted by Gasteiger charge is -2.31.